The number of rotatable bonds is 2. The summed E-state index contributed by atoms with van der Waals surface area (Å²) in [4.78, 5) is 0. The first-order valence-corrected chi connectivity index (χ1v) is 8.28. The Balaban J connectivity index is 1.94. The number of nitrogens with zero attached hydrogens (tertiary/aromatic N) is 2. The summed E-state index contributed by atoms with van der Waals surface area (Å²) in [6.07, 6.45) is 1.61. The summed E-state index contributed by atoms with van der Waals surface area (Å²) < 4.78 is 28.4. The fraction of sp³-hybridized carbons (Fsp3) is 0.538. The molecule has 0 radical (unpaired) electrons. The van der Waals surface area contributed by atoms with Gasteiger partial charge in [0, 0.05) is 25.7 Å². The highest BCUT2D eigenvalue weighted by Gasteiger charge is 2.39. The van der Waals surface area contributed by atoms with Crippen LogP contribution in [0.4, 0.5) is 5.69 Å². The van der Waals surface area contributed by atoms with Gasteiger partial charge in [0.15, 0.2) is 0 Å². The fourth-order valence-corrected chi connectivity index (χ4v) is 4.84. The van der Waals surface area contributed by atoms with Gasteiger partial charge < -0.3 is 10.4 Å². The van der Waals surface area contributed by atoms with E-state index in [1.54, 1.807) is 22.5 Å². The molecule has 2 heterocycles. The van der Waals surface area contributed by atoms with Crippen molar-refractivity contribution in [3.8, 4) is 5.75 Å². The molecule has 2 N–H and O–H groups in total. The molecule has 1 unspecified atom stereocenters. The minimum Gasteiger partial charge on any atom is -0.506 e. The lowest BCUT2D eigenvalue weighted by Gasteiger charge is -2.38. The van der Waals surface area contributed by atoms with Gasteiger partial charge in [-0.3, -0.25) is 4.31 Å². The Bertz CT molecular complexity index is 584. The van der Waals surface area contributed by atoms with Gasteiger partial charge in [0.2, 0.25) is 0 Å². The Hall–Kier alpha value is -1.31. The first-order chi connectivity index (χ1) is 9.60. The molecule has 2 saturated heterocycles. The largest absolute Gasteiger partial charge is 0.506 e. The molecular formula is C13H19N3O3S. The van der Waals surface area contributed by atoms with Gasteiger partial charge in [-0.1, -0.05) is 12.1 Å². The Labute approximate surface area is 119 Å². The predicted molar refractivity (Wildman–Crippen MR) is 77.0 cm³/mol. The number of benzene rings is 1. The average Bonchev–Trinajstić information content (AvgIpc) is 2.93. The standard InChI is InChI=1S/C13H19N3O3S/c17-13-5-2-1-4-12(13)16-9-3-8-15(20(16,18)19)11-6-7-14-10-11/h1-2,4-5,11,14,17H,3,6-10H2. The third-order valence-corrected chi connectivity index (χ3v) is 5.92. The van der Waals surface area contributed by atoms with Gasteiger partial charge in [-0.05, 0) is 31.5 Å². The van der Waals surface area contributed by atoms with Crippen LogP contribution in [0.2, 0.25) is 0 Å². The normalized spacial score (nSPS) is 26.8. The number of para-hydroxylation sites is 2. The number of phenolic OH excluding ortho intramolecular Hbond substituents is 1. The second kappa shape index (κ2) is 5.23. The number of phenols is 1. The van der Waals surface area contributed by atoms with E-state index in [0.717, 1.165) is 19.4 Å². The number of hydrogen-bond acceptors (Lipinski definition) is 4. The molecule has 2 aliphatic heterocycles. The Morgan fingerprint density at radius 3 is 2.75 bits per heavy atom. The molecular weight excluding hydrogens is 278 g/mol. The van der Waals surface area contributed by atoms with Crippen molar-refractivity contribution in [2.24, 2.45) is 0 Å². The summed E-state index contributed by atoms with van der Waals surface area (Å²) in [6.45, 7) is 2.52. The van der Waals surface area contributed by atoms with Crippen LogP contribution in [0.25, 0.3) is 0 Å². The topological polar surface area (TPSA) is 72.9 Å². The van der Waals surface area contributed by atoms with Gasteiger partial charge in [0.05, 0.1) is 5.69 Å². The SMILES string of the molecule is O=S1(=O)N(c2ccccc2O)CCCN1C1CCNC1. The minimum absolute atomic E-state index is 0.00229. The molecule has 2 aliphatic rings. The van der Waals surface area contributed by atoms with Crippen LogP contribution in [0.15, 0.2) is 24.3 Å². The van der Waals surface area contributed by atoms with Crippen LogP contribution in [0.5, 0.6) is 5.75 Å². The highest BCUT2D eigenvalue weighted by atomic mass is 32.2. The van der Waals surface area contributed by atoms with E-state index < -0.39 is 10.2 Å². The minimum atomic E-state index is -3.56. The molecule has 0 aliphatic carbocycles. The molecule has 0 amide bonds. The smallest absolute Gasteiger partial charge is 0.304 e. The monoisotopic (exact) mass is 297 g/mol. The van der Waals surface area contributed by atoms with E-state index in [2.05, 4.69) is 5.32 Å². The quantitative estimate of drug-likeness (QED) is 0.834. The lowest BCUT2D eigenvalue weighted by molar-refractivity contribution is 0.317. The second-order valence-corrected chi connectivity index (χ2v) is 6.98. The van der Waals surface area contributed by atoms with Crippen molar-refractivity contribution in [2.75, 3.05) is 30.5 Å². The molecule has 3 rings (SSSR count). The zero-order valence-corrected chi connectivity index (χ0v) is 12.0. The van der Waals surface area contributed by atoms with Crippen molar-refractivity contribution in [3.05, 3.63) is 24.3 Å². The maximum Gasteiger partial charge on any atom is 0.304 e. The fourth-order valence-electron chi connectivity index (χ4n) is 2.90. The molecule has 1 aromatic carbocycles. The van der Waals surface area contributed by atoms with Gasteiger partial charge >= 0.3 is 10.2 Å². The van der Waals surface area contributed by atoms with Gasteiger partial charge in [-0.25, -0.2) is 0 Å². The Kier molecular flexibility index (Phi) is 3.57. The van der Waals surface area contributed by atoms with E-state index in [-0.39, 0.29) is 11.8 Å². The molecule has 7 heteroatoms. The van der Waals surface area contributed by atoms with Crippen molar-refractivity contribution in [1.82, 2.24) is 9.62 Å². The van der Waals surface area contributed by atoms with Gasteiger partial charge in [-0.15, -0.1) is 0 Å². The Morgan fingerprint density at radius 2 is 2.05 bits per heavy atom. The third kappa shape index (κ3) is 2.25. The van der Waals surface area contributed by atoms with Crippen LogP contribution in [0.3, 0.4) is 0 Å². The van der Waals surface area contributed by atoms with Gasteiger partial charge in [0.1, 0.15) is 5.75 Å². The lowest BCUT2D eigenvalue weighted by Crippen LogP contribution is -2.54. The molecule has 0 bridgehead atoms. The second-order valence-electron chi connectivity index (χ2n) is 5.18. The van der Waals surface area contributed by atoms with Crippen molar-refractivity contribution in [3.63, 3.8) is 0 Å². The summed E-state index contributed by atoms with van der Waals surface area (Å²) in [5, 5.41) is 13.1. The highest BCUT2D eigenvalue weighted by Crippen LogP contribution is 2.33. The van der Waals surface area contributed by atoms with E-state index in [4.69, 9.17) is 0 Å². The summed E-state index contributed by atoms with van der Waals surface area (Å²) in [7, 11) is -3.56. The molecule has 0 spiro atoms. The van der Waals surface area contributed by atoms with Crippen LogP contribution in [0.1, 0.15) is 12.8 Å². The summed E-state index contributed by atoms with van der Waals surface area (Å²) >= 11 is 0. The molecule has 0 saturated carbocycles. The first-order valence-electron chi connectivity index (χ1n) is 6.89. The average molecular weight is 297 g/mol. The molecule has 20 heavy (non-hydrogen) atoms. The molecule has 1 atom stereocenters. The van der Waals surface area contributed by atoms with Crippen LogP contribution >= 0.6 is 0 Å². The summed E-state index contributed by atoms with van der Waals surface area (Å²) in [6, 6.07) is 6.60. The van der Waals surface area contributed by atoms with Crippen molar-refractivity contribution in [2.45, 2.75) is 18.9 Å². The number of aromatic hydroxyl groups is 1. The maximum atomic E-state index is 12.8. The van der Waals surface area contributed by atoms with Crippen molar-refractivity contribution in [1.29, 1.82) is 0 Å². The molecule has 110 valence electrons. The van der Waals surface area contributed by atoms with Gasteiger partial charge in [0.25, 0.3) is 0 Å². The van der Waals surface area contributed by atoms with Crippen molar-refractivity contribution < 1.29 is 13.5 Å². The Morgan fingerprint density at radius 1 is 1.25 bits per heavy atom. The van der Waals surface area contributed by atoms with E-state index in [1.165, 1.54) is 10.4 Å². The molecule has 6 nitrogen and oxygen atoms in total. The zero-order chi connectivity index (χ0) is 14.2. The van der Waals surface area contributed by atoms with Gasteiger partial charge in [-0.2, -0.15) is 12.7 Å². The van der Waals surface area contributed by atoms with E-state index in [0.29, 0.717) is 25.3 Å². The maximum absolute atomic E-state index is 12.8. The third-order valence-electron chi connectivity index (χ3n) is 3.91. The first kappa shape index (κ1) is 13.7. The van der Waals surface area contributed by atoms with Crippen molar-refractivity contribution >= 4 is 15.9 Å². The van der Waals surface area contributed by atoms with E-state index >= 15 is 0 Å². The zero-order valence-electron chi connectivity index (χ0n) is 11.2. The van der Waals surface area contributed by atoms with Crippen LogP contribution < -0.4 is 9.62 Å². The number of anilines is 1. The number of hydrogen-bond donors (Lipinski definition) is 2. The van der Waals surface area contributed by atoms with Crippen LogP contribution in [-0.2, 0) is 10.2 Å². The van der Waals surface area contributed by atoms with E-state index in [1.807, 2.05) is 0 Å². The van der Waals surface area contributed by atoms with E-state index in [9.17, 15) is 13.5 Å². The number of nitrogens with one attached hydrogen (secondary N) is 1. The summed E-state index contributed by atoms with van der Waals surface area (Å²) in [5.74, 6) is 0.00229. The lowest BCUT2D eigenvalue weighted by atomic mass is 10.2. The predicted octanol–water partition coefficient (Wildman–Crippen LogP) is 0.511. The molecule has 1 aromatic rings. The van der Waals surface area contributed by atoms with Crippen LogP contribution in [-0.4, -0.2) is 50.1 Å². The van der Waals surface area contributed by atoms with Crippen LogP contribution in [0, 0.1) is 0 Å². The summed E-state index contributed by atoms with van der Waals surface area (Å²) in [5.41, 5.74) is 0.364. The highest BCUT2D eigenvalue weighted by molar-refractivity contribution is 7.90. The molecule has 2 fully saturated rings. The molecule has 0 aromatic heterocycles.